The van der Waals surface area contributed by atoms with E-state index < -0.39 is 0 Å². The Morgan fingerprint density at radius 2 is 2.11 bits per heavy atom. The number of hydrogen-bond acceptors (Lipinski definition) is 2. The lowest BCUT2D eigenvalue weighted by Crippen LogP contribution is -2.26. The zero-order chi connectivity index (χ0) is 13.9. The van der Waals surface area contributed by atoms with Crippen LogP contribution in [0.25, 0.3) is 0 Å². The number of benzene rings is 1. The van der Waals surface area contributed by atoms with Gasteiger partial charge in [-0.15, -0.1) is 0 Å². The molecule has 1 amide bonds. The van der Waals surface area contributed by atoms with Crippen molar-refractivity contribution in [2.24, 2.45) is 0 Å². The van der Waals surface area contributed by atoms with E-state index in [1.54, 1.807) is 0 Å². The Labute approximate surface area is 122 Å². The van der Waals surface area contributed by atoms with E-state index >= 15 is 0 Å². The highest BCUT2D eigenvalue weighted by Gasteiger charge is 2.23. The summed E-state index contributed by atoms with van der Waals surface area (Å²) in [6, 6.07) is 7.99. The van der Waals surface area contributed by atoms with Crippen LogP contribution in [0, 0.1) is 0 Å². The van der Waals surface area contributed by atoms with Gasteiger partial charge in [0.1, 0.15) is 6.10 Å². The third-order valence-corrected chi connectivity index (χ3v) is 3.35. The number of carbonyl (C=O) groups is 1. The van der Waals surface area contributed by atoms with E-state index in [0.29, 0.717) is 6.61 Å². The van der Waals surface area contributed by atoms with Crippen molar-refractivity contribution in [3.63, 3.8) is 0 Å². The SMILES string of the molecule is CC(C)(Br)Cc1ccc(NC(=O)C2CCCO2)cc1. The Morgan fingerprint density at radius 1 is 1.42 bits per heavy atom. The number of carbonyl (C=O) groups excluding carboxylic acids is 1. The molecular formula is C15H20BrNO2. The maximum absolute atomic E-state index is 11.9. The van der Waals surface area contributed by atoms with Gasteiger partial charge in [-0.05, 0) is 50.8 Å². The van der Waals surface area contributed by atoms with Crippen LogP contribution in [0.2, 0.25) is 0 Å². The lowest BCUT2D eigenvalue weighted by Gasteiger charge is -2.16. The Morgan fingerprint density at radius 3 is 2.63 bits per heavy atom. The molecule has 0 radical (unpaired) electrons. The molecule has 1 saturated heterocycles. The summed E-state index contributed by atoms with van der Waals surface area (Å²) in [5.74, 6) is -0.0360. The first-order valence-corrected chi connectivity index (χ1v) is 7.44. The molecule has 1 fully saturated rings. The molecule has 1 aliphatic rings. The number of nitrogens with one attached hydrogen (secondary N) is 1. The average Bonchev–Trinajstić information content (AvgIpc) is 2.83. The van der Waals surface area contributed by atoms with Crippen molar-refractivity contribution >= 4 is 27.5 Å². The Hall–Kier alpha value is -0.870. The molecule has 1 aromatic rings. The van der Waals surface area contributed by atoms with Crippen molar-refractivity contribution in [2.75, 3.05) is 11.9 Å². The fourth-order valence-electron chi connectivity index (χ4n) is 2.20. The van der Waals surface area contributed by atoms with Gasteiger partial charge < -0.3 is 10.1 Å². The van der Waals surface area contributed by atoms with E-state index in [9.17, 15) is 4.79 Å². The first-order valence-electron chi connectivity index (χ1n) is 6.64. The van der Waals surface area contributed by atoms with Crippen molar-refractivity contribution < 1.29 is 9.53 Å². The molecule has 0 bridgehead atoms. The predicted molar refractivity (Wildman–Crippen MR) is 80.8 cm³/mol. The average molecular weight is 326 g/mol. The zero-order valence-electron chi connectivity index (χ0n) is 11.4. The van der Waals surface area contributed by atoms with Crippen LogP contribution in [0.15, 0.2) is 24.3 Å². The van der Waals surface area contributed by atoms with Crippen LogP contribution < -0.4 is 5.32 Å². The molecule has 19 heavy (non-hydrogen) atoms. The van der Waals surface area contributed by atoms with Gasteiger partial charge in [0, 0.05) is 16.6 Å². The van der Waals surface area contributed by atoms with Crippen LogP contribution in [0.1, 0.15) is 32.3 Å². The van der Waals surface area contributed by atoms with Crippen molar-refractivity contribution in [1.82, 2.24) is 0 Å². The van der Waals surface area contributed by atoms with Crippen LogP contribution >= 0.6 is 15.9 Å². The van der Waals surface area contributed by atoms with Gasteiger partial charge >= 0.3 is 0 Å². The van der Waals surface area contributed by atoms with Gasteiger partial charge in [-0.3, -0.25) is 4.79 Å². The Balaban J connectivity index is 1.93. The molecule has 3 nitrogen and oxygen atoms in total. The predicted octanol–water partition coefficient (Wildman–Crippen LogP) is 3.52. The summed E-state index contributed by atoms with van der Waals surface area (Å²) < 4.78 is 5.45. The summed E-state index contributed by atoms with van der Waals surface area (Å²) in [6.45, 7) is 4.97. The lowest BCUT2D eigenvalue weighted by atomic mass is 10.0. The molecule has 1 N–H and O–H groups in total. The standard InChI is InChI=1S/C15H20BrNO2/c1-15(2,16)10-11-5-7-12(8-6-11)17-14(18)13-4-3-9-19-13/h5-8,13H,3-4,9-10H2,1-2H3,(H,17,18). The van der Waals surface area contributed by atoms with Crippen LogP contribution in [0.3, 0.4) is 0 Å². The summed E-state index contributed by atoms with van der Waals surface area (Å²) in [5, 5.41) is 2.90. The van der Waals surface area contributed by atoms with Gasteiger partial charge in [-0.25, -0.2) is 0 Å². The molecule has 0 aliphatic carbocycles. The molecule has 1 aromatic carbocycles. The summed E-state index contributed by atoms with van der Waals surface area (Å²) in [5.41, 5.74) is 2.08. The molecule has 1 unspecified atom stereocenters. The Kier molecular flexibility index (Phi) is 4.63. The third kappa shape index (κ3) is 4.62. The highest BCUT2D eigenvalue weighted by Crippen LogP contribution is 2.23. The van der Waals surface area contributed by atoms with Gasteiger partial charge in [-0.1, -0.05) is 28.1 Å². The number of ether oxygens (including phenoxy) is 1. The number of halogens is 1. The van der Waals surface area contributed by atoms with E-state index in [2.05, 4.69) is 35.1 Å². The topological polar surface area (TPSA) is 38.3 Å². The van der Waals surface area contributed by atoms with Crippen molar-refractivity contribution in [1.29, 1.82) is 0 Å². The van der Waals surface area contributed by atoms with Gasteiger partial charge in [0.15, 0.2) is 0 Å². The van der Waals surface area contributed by atoms with E-state index in [1.165, 1.54) is 5.56 Å². The monoisotopic (exact) mass is 325 g/mol. The second kappa shape index (κ2) is 6.06. The molecule has 104 valence electrons. The molecule has 1 aliphatic heterocycles. The van der Waals surface area contributed by atoms with Gasteiger partial charge in [0.05, 0.1) is 0 Å². The molecule has 0 aromatic heterocycles. The summed E-state index contributed by atoms with van der Waals surface area (Å²) >= 11 is 3.63. The fraction of sp³-hybridized carbons (Fsp3) is 0.533. The molecule has 0 spiro atoms. The van der Waals surface area contributed by atoms with Crippen molar-refractivity contribution in [3.05, 3.63) is 29.8 Å². The quantitative estimate of drug-likeness (QED) is 0.860. The highest BCUT2D eigenvalue weighted by molar-refractivity contribution is 9.10. The number of anilines is 1. The fourth-order valence-corrected chi connectivity index (χ4v) is 2.52. The van der Waals surface area contributed by atoms with E-state index in [-0.39, 0.29) is 16.3 Å². The summed E-state index contributed by atoms with van der Waals surface area (Å²) in [7, 11) is 0. The summed E-state index contributed by atoms with van der Waals surface area (Å²) in [6.07, 6.45) is 2.47. The minimum Gasteiger partial charge on any atom is -0.368 e. The van der Waals surface area contributed by atoms with Crippen LogP contribution in [0.4, 0.5) is 5.69 Å². The smallest absolute Gasteiger partial charge is 0.253 e. The largest absolute Gasteiger partial charge is 0.368 e. The second-order valence-electron chi connectivity index (χ2n) is 5.58. The van der Waals surface area contributed by atoms with E-state index in [4.69, 9.17) is 4.74 Å². The summed E-state index contributed by atoms with van der Waals surface area (Å²) in [4.78, 5) is 11.9. The second-order valence-corrected chi connectivity index (χ2v) is 7.73. The van der Waals surface area contributed by atoms with Gasteiger partial charge in [0.2, 0.25) is 0 Å². The number of amides is 1. The first kappa shape index (κ1) is 14.5. The normalized spacial score (nSPS) is 19.4. The van der Waals surface area contributed by atoms with Gasteiger partial charge in [0.25, 0.3) is 5.91 Å². The molecule has 2 rings (SSSR count). The zero-order valence-corrected chi connectivity index (χ0v) is 13.0. The first-order chi connectivity index (χ1) is 8.94. The van der Waals surface area contributed by atoms with Crippen molar-refractivity contribution in [3.8, 4) is 0 Å². The maximum atomic E-state index is 11.9. The molecule has 1 heterocycles. The maximum Gasteiger partial charge on any atom is 0.253 e. The number of alkyl halides is 1. The Bertz CT molecular complexity index is 430. The van der Waals surface area contributed by atoms with Gasteiger partial charge in [-0.2, -0.15) is 0 Å². The van der Waals surface area contributed by atoms with E-state index in [1.807, 2.05) is 24.3 Å². The van der Waals surface area contributed by atoms with E-state index in [0.717, 1.165) is 24.9 Å². The lowest BCUT2D eigenvalue weighted by molar-refractivity contribution is -0.124. The number of rotatable bonds is 4. The van der Waals surface area contributed by atoms with Crippen LogP contribution in [-0.4, -0.2) is 22.9 Å². The van der Waals surface area contributed by atoms with Crippen LogP contribution in [0.5, 0.6) is 0 Å². The highest BCUT2D eigenvalue weighted by atomic mass is 79.9. The van der Waals surface area contributed by atoms with Crippen LogP contribution in [-0.2, 0) is 16.0 Å². The minimum absolute atomic E-state index is 0.0360. The molecule has 0 saturated carbocycles. The molecule has 1 atom stereocenters. The van der Waals surface area contributed by atoms with Crippen molar-refractivity contribution in [2.45, 2.75) is 43.5 Å². The third-order valence-electron chi connectivity index (χ3n) is 3.07. The number of hydrogen-bond donors (Lipinski definition) is 1. The molecule has 4 heteroatoms. The molecular weight excluding hydrogens is 306 g/mol. The minimum atomic E-state index is -0.277.